The van der Waals surface area contributed by atoms with Gasteiger partial charge >= 0.3 is 0 Å². The zero-order valence-corrected chi connectivity index (χ0v) is 9.87. The maximum Gasteiger partial charge on any atom is 0.140 e. The van der Waals surface area contributed by atoms with E-state index in [1.807, 2.05) is 0 Å². The molecule has 0 aromatic carbocycles. The number of methoxy groups -OCH3 is 1. The highest BCUT2D eigenvalue weighted by atomic mass is 16.5. The predicted molar refractivity (Wildman–Crippen MR) is 61.3 cm³/mol. The molecule has 1 aliphatic rings. The van der Waals surface area contributed by atoms with E-state index in [1.165, 1.54) is 25.7 Å². The van der Waals surface area contributed by atoms with Gasteiger partial charge in [-0.3, -0.25) is 0 Å². The summed E-state index contributed by atoms with van der Waals surface area (Å²) >= 11 is 0. The fourth-order valence-electron chi connectivity index (χ4n) is 2.20. The summed E-state index contributed by atoms with van der Waals surface area (Å²) in [6, 6.07) is 2.09. The third-order valence-electron chi connectivity index (χ3n) is 3.12. The summed E-state index contributed by atoms with van der Waals surface area (Å²) < 4.78 is 10.3. The molecule has 90 valence electrons. The SMILES string of the molecule is COCCNCc1cc(C2CCCC2)on1. The molecule has 0 amide bonds. The Kier molecular flexibility index (Phi) is 4.36. The molecule has 1 aromatic rings. The summed E-state index contributed by atoms with van der Waals surface area (Å²) in [5, 5.41) is 7.34. The standard InChI is InChI=1S/C12H20N2O2/c1-15-7-6-13-9-11-8-12(16-14-11)10-4-2-3-5-10/h8,10,13H,2-7,9H2,1H3. The van der Waals surface area contributed by atoms with Crippen LogP contribution in [0, 0.1) is 0 Å². The molecule has 0 aliphatic heterocycles. The number of nitrogens with one attached hydrogen (secondary N) is 1. The molecule has 4 heteroatoms. The van der Waals surface area contributed by atoms with Crippen molar-refractivity contribution in [3.05, 3.63) is 17.5 Å². The van der Waals surface area contributed by atoms with Crippen LogP contribution in [-0.2, 0) is 11.3 Å². The lowest BCUT2D eigenvalue weighted by Gasteiger charge is -2.01. The molecule has 0 bridgehead atoms. The summed E-state index contributed by atoms with van der Waals surface area (Å²) in [5.74, 6) is 1.68. The monoisotopic (exact) mass is 224 g/mol. The molecule has 0 spiro atoms. The van der Waals surface area contributed by atoms with Crippen molar-refractivity contribution in [1.82, 2.24) is 10.5 Å². The highest BCUT2D eigenvalue weighted by molar-refractivity contribution is 5.10. The molecule has 1 fully saturated rings. The molecule has 1 heterocycles. The minimum Gasteiger partial charge on any atom is -0.383 e. The van der Waals surface area contributed by atoms with Gasteiger partial charge in [0.1, 0.15) is 5.76 Å². The molecule has 16 heavy (non-hydrogen) atoms. The van der Waals surface area contributed by atoms with Crippen LogP contribution in [0.15, 0.2) is 10.6 Å². The van der Waals surface area contributed by atoms with Gasteiger partial charge in [-0.2, -0.15) is 0 Å². The summed E-state index contributed by atoms with van der Waals surface area (Å²) in [6.45, 7) is 2.34. The Morgan fingerprint density at radius 3 is 3.06 bits per heavy atom. The largest absolute Gasteiger partial charge is 0.383 e. The zero-order valence-electron chi connectivity index (χ0n) is 9.87. The van der Waals surface area contributed by atoms with E-state index in [4.69, 9.17) is 9.26 Å². The van der Waals surface area contributed by atoms with Crippen LogP contribution >= 0.6 is 0 Å². The first kappa shape index (κ1) is 11.6. The van der Waals surface area contributed by atoms with Crippen molar-refractivity contribution in [3.8, 4) is 0 Å². The minimum atomic E-state index is 0.611. The lowest BCUT2D eigenvalue weighted by Crippen LogP contribution is -2.18. The Morgan fingerprint density at radius 1 is 1.50 bits per heavy atom. The van der Waals surface area contributed by atoms with E-state index in [0.717, 1.165) is 31.2 Å². The average molecular weight is 224 g/mol. The summed E-state index contributed by atoms with van der Waals surface area (Å²) in [4.78, 5) is 0. The first-order valence-electron chi connectivity index (χ1n) is 6.05. The fourth-order valence-corrected chi connectivity index (χ4v) is 2.20. The predicted octanol–water partition coefficient (Wildman–Crippen LogP) is 2.07. The number of ether oxygens (including phenoxy) is 1. The molecule has 0 radical (unpaired) electrons. The first-order valence-corrected chi connectivity index (χ1v) is 6.05. The molecule has 0 saturated heterocycles. The van der Waals surface area contributed by atoms with Crippen molar-refractivity contribution in [3.63, 3.8) is 0 Å². The van der Waals surface area contributed by atoms with Crippen LogP contribution in [0.2, 0.25) is 0 Å². The van der Waals surface area contributed by atoms with Gasteiger partial charge in [0.05, 0.1) is 12.3 Å². The maximum atomic E-state index is 5.38. The normalized spacial score (nSPS) is 17.1. The van der Waals surface area contributed by atoms with Crippen molar-refractivity contribution in [2.24, 2.45) is 0 Å². The molecular formula is C12H20N2O2. The van der Waals surface area contributed by atoms with Crippen LogP contribution in [0.5, 0.6) is 0 Å². The molecule has 2 rings (SSSR count). The van der Waals surface area contributed by atoms with Gasteiger partial charge in [-0.25, -0.2) is 0 Å². The third-order valence-corrected chi connectivity index (χ3v) is 3.12. The van der Waals surface area contributed by atoms with Crippen LogP contribution in [-0.4, -0.2) is 25.4 Å². The van der Waals surface area contributed by atoms with Crippen molar-refractivity contribution >= 4 is 0 Å². The average Bonchev–Trinajstić information content (AvgIpc) is 2.94. The minimum absolute atomic E-state index is 0.611. The second-order valence-corrected chi connectivity index (χ2v) is 4.37. The van der Waals surface area contributed by atoms with Crippen LogP contribution < -0.4 is 5.32 Å². The second-order valence-electron chi connectivity index (χ2n) is 4.37. The van der Waals surface area contributed by atoms with Crippen molar-refractivity contribution in [2.45, 2.75) is 38.1 Å². The topological polar surface area (TPSA) is 47.3 Å². The number of hydrogen-bond acceptors (Lipinski definition) is 4. The molecule has 1 saturated carbocycles. The highest BCUT2D eigenvalue weighted by Gasteiger charge is 2.21. The van der Waals surface area contributed by atoms with Gasteiger partial charge in [-0.05, 0) is 12.8 Å². The highest BCUT2D eigenvalue weighted by Crippen LogP contribution is 2.34. The van der Waals surface area contributed by atoms with Gasteiger partial charge in [0.15, 0.2) is 0 Å². The van der Waals surface area contributed by atoms with Crippen LogP contribution in [0.3, 0.4) is 0 Å². The molecule has 1 N–H and O–H groups in total. The molecule has 4 nitrogen and oxygen atoms in total. The van der Waals surface area contributed by atoms with E-state index in [-0.39, 0.29) is 0 Å². The van der Waals surface area contributed by atoms with E-state index in [2.05, 4.69) is 16.5 Å². The van der Waals surface area contributed by atoms with E-state index < -0.39 is 0 Å². The van der Waals surface area contributed by atoms with Crippen molar-refractivity contribution in [2.75, 3.05) is 20.3 Å². The van der Waals surface area contributed by atoms with Crippen LogP contribution in [0.4, 0.5) is 0 Å². The zero-order chi connectivity index (χ0) is 11.2. The van der Waals surface area contributed by atoms with Crippen LogP contribution in [0.1, 0.15) is 43.1 Å². The Balaban J connectivity index is 1.77. The van der Waals surface area contributed by atoms with Gasteiger partial charge in [0, 0.05) is 32.2 Å². The Bertz CT molecular complexity index is 306. The van der Waals surface area contributed by atoms with Gasteiger partial charge in [-0.15, -0.1) is 0 Å². The van der Waals surface area contributed by atoms with Crippen molar-refractivity contribution < 1.29 is 9.26 Å². The summed E-state index contributed by atoms with van der Waals surface area (Å²) in [7, 11) is 1.70. The number of nitrogens with zero attached hydrogens (tertiary/aromatic N) is 1. The number of hydrogen-bond donors (Lipinski definition) is 1. The Hall–Kier alpha value is -0.870. The Morgan fingerprint density at radius 2 is 2.31 bits per heavy atom. The van der Waals surface area contributed by atoms with Crippen LogP contribution in [0.25, 0.3) is 0 Å². The summed E-state index contributed by atoms with van der Waals surface area (Å²) in [5.41, 5.74) is 0.998. The van der Waals surface area contributed by atoms with Gasteiger partial charge in [0.2, 0.25) is 0 Å². The molecular weight excluding hydrogens is 204 g/mol. The third kappa shape index (κ3) is 3.06. The van der Waals surface area contributed by atoms with E-state index in [9.17, 15) is 0 Å². The summed E-state index contributed by atoms with van der Waals surface area (Å²) in [6.07, 6.45) is 5.16. The number of rotatable bonds is 6. The quantitative estimate of drug-likeness (QED) is 0.751. The lowest BCUT2D eigenvalue weighted by molar-refractivity contribution is 0.199. The van der Waals surface area contributed by atoms with Gasteiger partial charge < -0.3 is 14.6 Å². The molecule has 1 aliphatic carbocycles. The number of aromatic nitrogens is 1. The fraction of sp³-hybridized carbons (Fsp3) is 0.750. The lowest BCUT2D eigenvalue weighted by atomic mass is 10.1. The second kappa shape index (κ2) is 6.01. The van der Waals surface area contributed by atoms with Crippen molar-refractivity contribution in [1.29, 1.82) is 0 Å². The van der Waals surface area contributed by atoms with E-state index >= 15 is 0 Å². The smallest absolute Gasteiger partial charge is 0.140 e. The maximum absolute atomic E-state index is 5.38. The van der Waals surface area contributed by atoms with E-state index in [1.54, 1.807) is 7.11 Å². The van der Waals surface area contributed by atoms with Gasteiger partial charge in [0.25, 0.3) is 0 Å². The molecule has 1 aromatic heterocycles. The molecule has 0 unspecified atom stereocenters. The van der Waals surface area contributed by atoms with E-state index in [0.29, 0.717) is 5.92 Å². The first-order chi connectivity index (χ1) is 7.90. The van der Waals surface area contributed by atoms with Gasteiger partial charge in [-0.1, -0.05) is 18.0 Å². The Labute approximate surface area is 96.3 Å². The molecule has 0 atom stereocenters.